The Morgan fingerprint density at radius 2 is 0.618 bits per heavy atom. The van der Waals surface area contributed by atoms with E-state index in [1.54, 1.807) is 0 Å². The monoisotopic (exact) mass is 864 g/mol. The molecule has 68 heavy (non-hydrogen) atoms. The van der Waals surface area contributed by atoms with Crippen LogP contribution in [0.3, 0.4) is 0 Å². The number of hydrogen-bond acceptors (Lipinski definition) is 1. The summed E-state index contributed by atoms with van der Waals surface area (Å²) >= 11 is 0. The van der Waals surface area contributed by atoms with Crippen LogP contribution in [0, 0.1) is 6.92 Å². The summed E-state index contributed by atoms with van der Waals surface area (Å²) in [5.74, 6) is 0. The van der Waals surface area contributed by atoms with Gasteiger partial charge in [-0.1, -0.05) is 212 Å². The molecule has 2 heterocycles. The lowest BCUT2D eigenvalue weighted by Crippen LogP contribution is -1.98. The van der Waals surface area contributed by atoms with E-state index in [1.165, 1.54) is 93.2 Å². The zero-order chi connectivity index (χ0) is 45.1. The summed E-state index contributed by atoms with van der Waals surface area (Å²) in [4.78, 5) is 5.45. The number of aryl methyl sites for hydroxylation is 1. The molecule has 318 valence electrons. The lowest BCUT2D eigenvalue weighted by atomic mass is 9.91. The van der Waals surface area contributed by atoms with E-state index in [0.29, 0.717) is 0 Å². The highest BCUT2D eigenvalue weighted by molar-refractivity contribution is 6.29. The standard InChI is InChI=1S/C66H44N2/c1-43-21-23-49(24-22-43)52-33-35-57-58(37-52)55-19-11-12-20-56(55)59-41-62-61-38-53(46-17-9-4-10-18-46)34-36-65(61)68(66(62)42-60(57)59)54-39-63(50-29-25-47(26-30-50)44-13-5-2-6-14-44)67-64(40-54)51-31-27-48(28-32-51)45-15-7-3-8-16-45/h2-42H,1H3. The zero-order valence-corrected chi connectivity index (χ0v) is 37.6. The van der Waals surface area contributed by atoms with Gasteiger partial charge in [0.15, 0.2) is 0 Å². The highest BCUT2D eigenvalue weighted by Gasteiger charge is 2.20. The molecular weight excluding hydrogens is 821 g/mol. The topological polar surface area (TPSA) is 17.8 Å². The van der Waals surface area contributed by atoms with E-state index in [4.69, 9.17) is 4.98 Å². The first-order chi connectivity index (χ1) is 33.6. The molecule has 0 saturated heterocycles. The average molecular weight is 865 g/mol. The number of pyridine rings is 1. The van der Waals surface area contributed by atoms with E-state index in [0.717, 1.165) is 39.2 Å². The Labute approximate surface area is 395 Å². The number of aromatic nitrogens is 2. The van der Waals surface area contributed by atoms with E-state index >= 15 is 0 Å². The predicted molar refractivity (Wildman–Crippen MR) is 288 cm³/mol. The highest BCUT2D eigenvalue weighted by atomic mass is 15.0. The Morgan fingerprint density at radius 3 is 1.18 bits per heavy atom. The molecule has 2 heteroatoms. The maximum atomic E-state index is 5.45. The summed E-state index contributed by atoms with van der Waals surface area (Å²) < 4.78 is 2.48. The van der Waals surface area contributed by atoms with E-state index in [2.05, 4.69) is 260 Å². The lowest BCUT2D eigenvalue weighted by molar-refractivity contribution is 1.16. The molecule has 0 unspecified atom stereocenters. The van der Waals surface area contributed by atoms with Crippen molar-refractivity contribution in [3.63, 3.8) is 0 Å². The highest BCUT2D eigenvalue weighted by Crippen LogP contribution is 2.44. The van der Waals surface area contributed by atoms with Crippen LogP contribution in [0.4, 0.5) is 0 Å². The van der Waals surface area contributed by atoms with E-state index in [-0.39, 0.29) is 0 Å². The Hall–Kier alpha value is -8.85. The fourth-order valence-corrected chi connectivity index (χ4v) is 10.3. The first-order valence-corrected chi connectivity index (χ1v) is 23.4. The van der Waals surface area contributed by atoms with Gasteiger partial charge in [0.1, 0.15) is 0 Å². The minimum absolute atomic E-state index is 0.918. The molecule has 13 rings (SSSR count). The van der Waals surface area contributed by atoms with Gasteiger partial charge in [-0.3, -0.25) is 0 Å². The van der Waals surface area contributed by atoms with Crippen molar-refractivity contribution in [3.8, 4) is 72.7 Å². The summed E-state index contributed by atoms with van der Waals surface area (Å²) in [6, 6.07) is 90.9. The third kappa shape index (κ3) is 6.85. The maximum absolute atomic E-state index is 5.45. The third-order valence-corrected chi connectivity index (χ3v) is 13.9. The van der Waals surface area contributed by atoms with Crippen LogP contribution in [0.2, 0.25) is 0 Å². The predicted octanol–water partition coefficient (Wildman–Crippen LogP) is 17.9. The number of fused-ring (bicyclic) bond motifs is 9. The van der Waals surface area contributed by atoms with E-state index in [1.807, 2.05) is 0 Å². The minimum atomic E-state index is 0.918. The average Bonchev–Trinajstić information content (AvgIpc) is 3.74. The van der Waals surface area contributed by atoms with Crippen molar-refractivity contribution in [3.05, 3.63) is 254 Å². The molecule has 0 amide bonds. The molecule has 13 aromatic rings. The normalized spacial score (nSPS) is 11.6. The van der Waals surface area contributed by atoms with Crippen LogP contribution in [0.15, 0.2) is 249 Å². The van der Waals surface area contributed by atoms with Gasteiger partial charge < -0.3 is 4.57 Å². The molecule has 0 N–H and O–H groups in total. The van der Waals surface area contributed by atoms with Gasteiger partial charge in [-0.05, 0) is 126 Å². The molecule has 0 saturated carbocycles. The van der Waals surface area contributed by atoms with Gasteiger partial charge in [0.2, 0.25) is 0 Å². The quantitative estimate of drug-likeness (QED) is 0.146. The molecule has 2 aromatic heterocycles. The van der Waals surface area contributed by atoms with Crippen LogP contribution >= 0.6 is 0 Å². The number of nitrogens with zero attached hydrogens (tertiary/aromatic N) is 2. The minimum Gasteiger partial charge on any atom is -0.309 e. The van der Waals surface area contributed by atoms with Gasteiger partial charge in [0, 0.05) is 21.9 Å². The lowest BCUT2D eigenvalue weighted by Gasteiger charge is -2.15. The van der Waals surface area contributed by atoms with Gasteiger partial charge in [0.05, 0.1) is 28.1 Å². The SMILES string of the molecule is Cc1ccc(-c2ccc3c(c2)c2ccccc2c2cc4c5cc(-c6ccccc6)ccc5n(-c5cc(-c6ccc(-c7ccccc7)cc6)nc(-c6ccc(-c7ccccc7)cc6)c5)c4cc32)cc1. The second-order valence-corrected chi connectivity index (χ2v) is 18.0. The summed E-state index contributed by atoms with van der Waals surface area (Å²) in [5, 5.41) is 9.92. The van der Waals surface area contributed by atoms with Crippen LogP contribution in [-0.2, 0) is 0 Å². The Morgan fingerprint density at radius 1 is 0.250 bits per heavy atom. The Kier molecular flexibility index (Phi) is 9.43. The second-order valence-electron chi connectivity index (χ2n) is 18.0. The van der Waals surface area contributed by atoms with Crippen molar-refractivity contribution >= 4 is 54.1 Å². The van der Waals surface area contributed by atoms with Gasteiger partial charge in [-0.25, -0.2) is 4.98 Å². The Bertz CT molecular complexity index is 3920. The number of benzene rings is 11. The van der Waals surface area contributed by atoms with Crippen molar-refractivity contribution in [1.82, 2.24) is 9.55 Å². The van der Waals surface area contributed by atoms with Gasteiger partial charge >= 0.3 is 0 Å². The second kappa shape index (κ2) is 16.2. The van der Waals surface area contributed by atoms with E-state index in [9.17, 15) is 0 Å². The maximum Gasteiger partial charge on any atom is 0.0730 e. The molecular formula is C66H44N2. The van der Waals surface area contributed by atoms with Crippen LogP contribution < -0.4 is 0 Å². The first kappa shape index (κ1) is 39.5. The molecule has 0 radical (unpaired) electrons. The smallest absolute Gasteiger partial charge is 0.0730 e. The van der Waals surface area contributed by atoms with Gasteiger partial charge in [-0.2, -0.15) is 0 Å². The molecule has 0 aliphatic carbocycles. The number of rotatable bonds is 7. The first-order valence-electron chi connectivity index (χ1n) is 23.4. The van der Waals surface area contributed by atoms with Gasteiger partial charge in [0.25, 0.3) is 0 Å². The van der Waals surface area contributed by atoms with Crippen molar-refractivity contribution in [1.29, 1.82) is 0 Å². The molecule has 0 atom stereocenters. The van der Waals surface area contributed by atoms with Gasteiger partial charge in [-0.15, -0.1) is 0 Å². The zero-order valence-electron chi connectivity index (χ0n) is 37.6. The van der Waals surface area contributed by atoms with Crippen molar-refractivity contribution < 1.29 is 0 Å². The van der Waals surface area contributed by atoms with Crippen LogP contribution in [0.1, 0.15) is 5.56 Å². The molecule has 0 aliphatic heterocycles. The van der Waals surface area contributed by atoms with Crippen LogP contribution in [0.5, 0.6) is 0 Å². The summed E-state index contributed by atoms with van der Waals surface area (Å²) in [6.45, 7) is 2.15. The molecule has 11 aromatic carbocycles. The fourth-order valence-electron chi connectivity index (χ4n) is 10.3. The van der Waals surface area contributed by atoms with E-state index < -0.39 is 0 Å². The molecule has 0 spiro atoms. The summed E-state index contributed by atoms with van der Waals surface area (Å²) in [6.07, 6.45) is 0. The van der Waals surface area contributed by atoms with Crippen molar-refractivity contribution in [2.75, 3.05) is 0 Å². The fraction of sp³-hybridized carbons (Fsp3) is 0.0152. The van der Waals surface area contributed by atoms with Crippen LogP contribution in [0.25, 0.3) is 127 Å². The Balaban J connectivity index is 1.08. The third-order valence-electron chi connectivity index (χ3n) is 13.9. The summed E-state index contributed by atoms with van der Waals surface area (Å²) in [7, 11) is 0. The summed E-state index contributed by atoms with van der Waals surface area (Å²) in [5.41, 5.74) is 18.1. The number of hydrogen-bond donors (Lipinski definition) is 0. The molecule has 0 fully saturated rings. The van der Waals surface area contributed by atoms with Crippen molar-refractivity contribution in [2.45, 2.75) is 6.92 Å². The van der Waals surface area contributed by atoms with Crippen molar-refractivity contribution in [2.24, 2.45) is 0 Å². The largest absolute Gasteiger partial charge is 0.309 e. The van der Waals surface area contributed by atoms with Crippen LogP contribution in [-0.4, -0.2) is 9.55 Å². The molecule has 2 nitrogen and oxygen atoms in total. The molecule has 0 aliphatic rings. The molecule has 0 bridgehead atoms.